The van der Waals surface area contributed by atoms with Gasteiger partial charge in [-0.2, -0.15) is 0 Å². The first kappa shape index (κ1) is 14.2. The second kappa shape index (κ2) is 5.65. The normalized spacial score (nSPS) is 14.2. The highest BCUT2D eigenvalue weighted by Gasteiger charge is 2.27. The maximum atomic E-state index is 12.0. The molecule has 17 heavy (non-hydrogen) atoms. The van der Waals surface area contributed by atoms with Crippen molar-refractivity contribution in [3.63, 3.8) is 0 Å². The summed E-state index contributed by atoms with van der Waals surface area (Å²) in [5.41, 5.74) is 6.98. The van der Waals surface area contributed by atoms with Crippen molar-refractivity contribution >= 4 is 27.5 Å². The van der Waals surface area contributed by atoms with E-state index in [0.717, 1.165) is 22.1 Å². The number of nitrogens with one attached hydrogen (secondary N) is 1. The van der Waals surface area contributed by atoms with Crippen molar-refractivity contribution in [1.82, 2.24) is 0 Å². The molecule has 1 rings (SSSR count). The average molecular weight is 299 g/mol. The zero-order valence-electron chi connectivity index (χ0n) is 10.5. The predicted molar refractivity (Wildman–Crippen MR) is 75.0 cm³/mol. The van der Waals surface area contributed by atoms with Crippen molar-refractivity contribution in [1.29, 1.82) is 0 Å². The van der Waals surface area contributed by atoms with Crippen LogP contribution < -0.4 is 11.1 Å². The number of hydrogen-bond acceptors (Lipinski definition) is 2. The average Bonchev–Trinajstić information content (AvgIpc) is 2.24. The molecule has 1 aromatic carbocycles. The van der Waals surface area contributed by atoms with E-state index < -0.39 is 5.54 Å². The summed E-state index contributed by atoms with van der Waals surface area (Å²) in [7, 11) is 0. The smallest absolute Gasteiger partial charge is 0.244 e. The van der Waals surface area contributed by atoms with Gasteiger partial charge >= 0.3 is 0 Å². The van der Waals surface area contributed by atoms with Crippen LogP contribution in [0.25, 0.3) is 0 Å². The van der Waals surface area contributed by atoms with Crippen molar-refractivity contribution in [3.05, 3.63) is 28.2 Å². The molecule has 3 nitrogen and oxygen atoms in total. The summed E-state index contributed by atoms with van der Waals surface area (Å²) in [6.07, 6.45) is 1.56. The lowest BCUT2D eigenvalue weighted by Crippen LogP contribution is -2.48. The molecule has 0 aliphatic heterocycles. The van der Waals surface area contributed by atoms with E-state index in [4.69, 9.17) is 5.73 Å². The zero-order chi connectivity index (χ0) is 13.1. The zero-order valence-corrected chi connectivity index (χ0v) is 12.1. The lowest BCUT2D eigenvalue weighted by molar-refractivity contribution is -0.120. The third kappa shape index (κ3) is 3.54. The molecule has 0 aliphatic carbocycles. The Morgan fingerprint density at radius 2 is 2.18 bits per heavy atom. The van der Waals surface area contributed by atoms with Crippen LogP contribution in [0.2, 0.25) is 0 Å². The molecule has 0 spiro atoms. The molecule has 4 heteroatoms. The molecule has 3 N–H and O–H groups in total. The van der Waals surface area contributed by atoms with Crippen molar-refractivity contribution < 1.29 is 4.79 Å². The van der Waals surface area contributed by atoms with Crippen LogP contribution in [0.3, 0.4) is 0 Å². The topological polar surface area (TPSA) is 55.1 Å². The van der Waals surface area contributed by atoms with E-state index in [1.54, 1.807) is 6.92 Å². The highest BCUT2D eigenvalue weighted by Crippen LogP contribution is 2.24. The van der Waals surface area contributed by atoms with Crippen molar-refractivity contribution in [2.45, 2.75) is 39.2 Å². The Balaban J connectivity index is 2.85. The standard InChI is InChI=1S/C13H19BrN2O/c1-4-8-13(3,15)12(17)16-11-7-5-6-10(14)9(11)2/h5-7H,4,8,15H2,1-3H3,(H,16,17). The Labute approximate surface area is 111 Å². The molecule has 0 saturated carbocycles. The molecule has 0 aliphatic rings. The Morgan fingerprint density at radius 3 is 2.76 bits per heavy atom. The highest BCUT2D eigenvalue weighted by molar-refractivity contribution is 9.10. The molecular formula is C13H19BrN2O. The molecule has 0 radical (unpaired) electrons. The Hall–Kier alpha value is -0.870. The fourth-order valence-corrected chi connectivity index (χ4v) is 2.01. The molecule has 0 saturated heterocycles. The van der Waals surface area contributed by atoms with Gasteiger partial charge < -0.3 is 11.1 Å². The van der Waals surface area contributed by atoms with Gasteiger partial charge in [0, 0.05) is 10.2 Å². The van der Waals surface area contributed by atoms with E-state index in [1.807, 2.05) is 32.0 Å². The van der Waals surface area contributed by atoms with Gasteiger partial charge in [-0.3, -0.25) is 4.79 Å². The number of amides is 1. The lowest BCUT2D eigenvalue weighted by Gasteiger charge is -2.23. The van der Waals surface area contributed by atoms with Gasteiger partial charge in [-0.25, -0.2) is 0 Å². The molecule has 0 fully saturated rings. The maximum absolute atomic E-state index is 12.0. The summed E-state index contributed by atoms with van der Waals surface area (Å²) in [5, 5.41) is 2.88. The van der Waals surface area contributed by atoms with Gasteiger partial charge in [0.15, 0.2) is 0 Å². The quantitative estimate of drug-likeness (QED) is 0.897. The van der Waals surface area contributed by atoms with E-state index in [9.17, 15) is 4.79 Å². The third-order valence-corrected chi connectivity index (χ3v) is 3.66. The van der Waals surface area contributed by atoms with Crippen LogP contribution in [0.1, 0.15) is 32.3 Å². The molecule has 0 bridgehead atoms. The fraction of sp³-hybridized carbons (Fsp3) is 0.462. The van der Waals surface area contributed by atoms with Crippen molar-refractivity contribution in [2.75, 3.05) is 5.32 Å². The third-order valence-electron chi connectivity index (χ3n) is 2.80. The fourth-order valence-electron chi connectivity index (χ4n) is 1.64. The number of rotatable bonds is 4. The monoisotopic (exact) mass is 298 g/mol. The molecule has 1 amide bonds. The van der Waals surface area contributed by atoms with Crippen LogP contribution in [0.5, 0.6) is 0 Å². The molecule has 0 aromatic heterocycles. The molecule has 94 valence electrons. The minimum atomic E-state index is -0.816. The first-order valence-electron chi connectivity index (χ1n) is 5.74. The number of benzene rings is 1. The summed E-state index contributed by atoms with van der Waals surface area (Å²) in [5.74, 6) is -0.138. The second-order valence-corrected chi connectivity index (χ2v) is 5.39. The van der Waals surface area contributed by atoms with Crippen LogP contribution in [-0.4, -0.2) is 11.4 Å². The number of anilines is 1. The van der Waals surface area contributed by atoms with Crippen LogP contribution in [-0.2, 0) is 4.79 Å². The summed E-state index contributed by atoms with van der Waals surface area (Å²) >= 11 is 3.43. The van der Waals surface area contributed by atoms with Gasteiger partial charge in [0.1, 0.15) is 0 Å². The Bertz CT molecular complexity index is 416. The van der Waals surface area contributed by atoms with Gasteiger partial charge in [0.25, 0.3) is 0 Å². The van der Waals surface area contributed by atoms with Crippen LogP contribution in [0.4, 0.5) is 5.69 Å². The minimum Gasteiger partial charge on any atom is -0.324 e. The number of halogens is 1. The SMILES string of the molecule is CCCC(C)(N)C(=O)Nc1cccc(Br)c1C. The molecule has 1 unspecified atom stereocenters. The number of carbonyl (C=O) groups is 1. The van der Waals surface area contributed by atoms with Gasteiger partial charge in [-0.1, -0.05) is 35.3 Å². The van der Waals surface area contributed by atoms with E-state index >= 15 is 0 Å². The summed E-state index contributed by atoms with van der Waals surface area (Å²) < 4.78 is 0.976. The van der Waals surface area contributed by atoms with Crippen LogP contribution >= 0.6 is 15.9 Å². The summed E-state index contributed by atoms with van der Waals surface area (Å²) in [4.78, 5) is 12.0. The second-order valence-electron chi connectivity index (χ2n) is 4.53. The van der Waals surface area contributed by atoms with Gasteiger partial charge in [0.2, 0.25) is 5.91 Å². The Morgan fingerprint density at radius 1 is 1.53 bits per heavy atom. The first-order chi connectivity index (χ1) is 7.88. The van der Waals surface area contributed by atoms with Gasteiger partial charge in [-0.15, -0.1) is 0 Å². The van der Waals surface area contributed by atoms with Crippen LogP contribution in [0.15, 0.2) is 22.7 Å². The predicted octanol–water partition coefficient (Wildman–Crippen LogP) is 3.21. The van der Waals surface area contributed by atoms with E-state index in [0.29, 0.717) is 6.42 Å². The van der Waals surface area contributed by atoms with Gasteiger partial charge in [0.05, 0.1) is 5.54 Å². The van der Waals surface area contributed by atoms with E-state index in [2.05, 4.69) is 21.2 Å². The first-order valence-corrected chi connectivity index (χ1v) is 6.53. The van der Waals surface area contributed by atoms with Crippen LogP contribution in [0, 0.1) is 6.92 Å². The van der Waals surface area contributed by atoms with Gasteiger partial charge in [-0.05, 0) is 38.0 Å². The summed E-state index contributed by atoms with van der Waals surface area (Å²) in [6.45, 7) is 5.73. The molecular weight excluding hydrogens is 280 g/mol. The molecule has 1 atom stereocenters. The van der Waals surface area contributed by atoms with E-state index in [-0.39, 0.29) is 5.91 Å². The van der Waals surface area contributed by atoms with Crippen molar-refractivity contribution in [2.24, 2.45) is 5.73 Å². The number of nitrogens with two attached hydrogens (primary N) is 1. The molecule has 1 aromatic rings. The number of hydrogen-bond donors (Lipinski definition) is 2. The summed E-state index contributed by atoms with van der Waals surface area (Å²) in [6, 6.07) is 5.71. The van der Waals surface area contributed by atoms with Crippen molar-refractivity contribution in [3.8, 4) is 0 Å². The number of carbonyl (C=O) groups excluding carboxylic acids is 1. The minimum absolute atomic E-state index is 0.138. The highest BCUT2D eigenvalue weighted by atomic mass is 79.9. The Kier molecular flexibility index (Phi) is 4.71. The molecule has 0 heterocycles. The lowest BCUT2D eigenvalue weighted by atomic mass is 9.96. The van der Waals surface area contributed by atoms with E-state index in [1.165, 1.54) is 0 Å². The maximum Gasteiger partial charge on any atom is 0.244 e. The largest absolute Gasteiger partial charge is 0.324 e.